The monoisotopic (exact) mass is 435 g/mol. The van der Waals surface area contributed by atoms with Crippen molar-refractivity contribution in [1.29, 1.82) is 0 Å². The van der Waals surface area contributed by atoms with Gasteiger partial charge < -0.3 is 5.11 Å². The van der Waals surface area contributed by atoms with Crippen molar-refractivity contribution in [3.8, 4) is 22.6 Å². The lowest BCUT2D eigenvalue weighted by atomic mass is 9.90. The lowest BCUT2D eigenvalue weighted by Crippen LogP contribution is -2.01. The quantitative estimate of drug-likeness (QED) is 0.296. The number of aromatic hydroxyl groups is 1. The van der Waals surface area contributed by atoms with Gasteiger partial charge >= 0.3 is 0 Å². The zero-order chi connectivity index (χ0) is 21.8. The van der Waals surface area contributed by atoms with E-state index in [4.69, 9.17) is 11.6 Å². The molecular weight excluding hydrogens is 418 g/mol. The van der Waals surface area contributed by atoms with Crippen LogP contribution in [0.15, 0.2) is 84.9 Å². The third-order valence-corrected chi connectivity index (χ3v) is 6.07. The van der Waals surface area contributed by atoms with Crippen LogP contribution in [0, 0.1) is 6.92 Å². The third kappa shape index (κ3) is 2.92. The summed E-state index contributed by atoms with van der Waals surface area (Å²) in [6.07, 6.45) is 0. The average Bonchev–Trinajstić information content (AvgIpc) is 3.22. The van der Waals surface area contributed by atoms with E-state index in [1.807, 2.05) is 49.4 Å². The summed E-state index contributed by atoms with van der Waals surface area (Å²) in [5.74, 6) is 0.142. The van der Waals surface area contributed by atoms with Gasteiger partial charge in [-0.1, -0.05) is 60.1 Å². The number of phenols is 1. The van der Waals surface area contributed by atoms with Gasteiger partial charge in [0.05, 0.1) is 0 Å². The van der Waals surface area contributed by atoms with Crippen molar-refractivity contribution in [2.45, 2.75) is 6.92 Å². The van der Waals surface area contributed by atoms with Crippen molar-refractivity contribution in [1.82, 2.24) is 15.0 Å². The van der Waals surface area contributed by atoms with Crippen LogP contribution in [-0.2, 0) is 0 Å². The van der Waals surface area contributed by atoms with Gasteiger partial charge in [-0.15, -0.1) is 15.0 Å². The van der Waals surface area contributed by atoms with Gasteiger partial charge in [-0.3, -0.25) is 0 Å². The number of nitrogens with zero attached hydrogens (tertiary/aromatic N) is 3. The molecule has 0 saturated carbocycles. The molecule has 0 aliphatic rings. The van der Waals surface area contributed by atoms with E-state index in [1.54, 1.807) is 12.1 Å². The van der Waals surface area contributed by atoms with Crippen LogP contribution in [0.4, 0.5) is 0 Å². The molecule has 0 aliphatic carbocycles. The summed E-state index contributed by atoms with van der Waals surface area (Å²) in [6, 6.07) is 28.0. The van der Waals surface area contributed by atoms with E-state index >= 15 is 0 Å². The minimum Gasteiger partial charge on any atom is -0.505 e. The Morgan fingerprint density at radius 1 is 0.750 bits per heavy atom. The predicted molar refractivity (Wildman–Crippen MR) is 131 cm³/mol. The van der Waals surface area contributed by atoms with E-state index in [1.165, 1.54) is 4.80 Å². The number of fused-ring (bicyclic) bond motifs is 3. The first-order chi connectivity index (χ1) is 15.6. The summed E-state index contributed by atoms with van der Waals surface area (Å²) in [4.78, 5) is 1.49. The fourth-order valence-electron chi connectivity index (χ4n) is 4.40. The molecule has 0 unspecified atom stereocenters. The summed E-state index contributed by atoms with van der Waals surface area (Å²) >= 11 is 6.12. The van der Waals surface area contributed by atoms with E-state index in [0.717, 1.165) is 38.2 Å². The van der Waals surface area contributed by atoms with Gasteiger partial charge in [0, 0.05) is 16.1 Å². The zero-order valence-corrected chi connectivity index (χ0v) is 18.0. The molecule has 5 aromatic carbocycles. The maximum absolute atomic E-state index is 11.5. The van der Waals surface area contributed by atoms with Gasteiger partial charge in [-0.05, 0) is 70.4 Å². The second-order valence-electron chi connectivity index (χ2n) is 8.00. The normalized spacial score (nSPS) is 11.6. The van der Waals surface area contributed by atoms with E-state index in [2.05, 4.69) is 40.5 Å². The van der Waals surface area contributed by atoms with Crippen molar-refractivity contribution in [3.63, 3.8) is 0 Å². The van der Waals surface area contributed by atoms with Crippen LogP contribution in [-0.4, -0.2) is 20.1 Å². The molecule has 0 radical (unpaired) electrons. The first-order valence-corrected chi connectivity index (χ1v) is 10.7. The largest absolute Gasteiger partial charge is 0.505 e. The minimum atomic E-state index is 0.142. The van der Waals surface area contributed by atoms with Crippen LogP contribution < -0.4 is 0 Å². The molecule has 4 nitrogen and oxygen atoms in total. The molecule has 5 heteroatoms. The Morgan fingerprint density at radius 3 is 2.12 bits per heavy atom. The van der Waals surface area contributed by atoms with Crippen LogP contribution in [0.3, 0.4) is 0 Å². The molecule has 1 aromatic heterocycles. The van der Waals surface area contributed by atoms with Crippen molar-refractivity contribution in [3.05, 3.63) is 95.5 Å². The third-order valence-electron chi connectivity index (χ3n) is 5.83. The van der Waals surface area contributed by atoms with E-state index in [0.29, 0.717) is 21.7 Å². The summed E-state index contributed by atoms with van der Waals surface area (Å²) in [7, 11) is 0. The van der Waals surface area contributed by atoms with Crippen molar-refractivity contribution in [2.24, 2.45) is 0 Å². The maximum Gasteiger partial charge on any atom is 0.150 e. The molecular formula is C27H18ClN3O. The molecule has 0 bridgehead atoms. The zero-order valence-electron chi connectivity index (χ0n) is 17.2. The molecule has 6 aromatic rings. The molecule has 0 aliphatic heterocycles. The van der Waals surface area contributed by atoms with Crippen LogP contribution >= 0.6 is 11.6 Å². The fourth-order valence-corrected chi connectivity index (χ4v) is 4.57. The Balaban J connectivity index is 1.68. The lowest BCUT2D eigenvalue weighted by molar-refractivity contribution is 0.469. The number of halogens is 1. The van der Waals surface area contributed by atoms with Gasteiger partial charge in [0.15, 0.2) is 5.75 Å². The molecule has 154 valence electrons. The standard InChI is InChI=1S/C27H18ClN3O/c1-16-12-22(26-20-8-4-2-6-17(20)14-18-7-3-5-9-21(18)26)27(32)25(13-16)31-29-23-11-10-19(28)15-24(23)30-31/h2-15,32H,1H3. The number of hydrogen-bond acceptors (Lipinski definition) is 3. The summed E-state index contributed by atoms with van der Waals surface area (Å²) in [5.41, 5.74) is 4.69. The van der Waals surface area contributed by atoms with Gasteiger partial charge in [0.2, 0.25) is 0 Å². The molecule has 0 spiro atoms. The molecule has 1 N–H and O–H groups in total. The average molecular weight is 436 g/mol. The highest BCUT2D eigenvalue weighted by Gasteiger charge is 2.18. The Labute approximate surface area is 189 Å². The number of aryl methyl sites for hydroxylation is 1. The van der Waals surface area contributed by atoms with Crippen LogP contribution in [0.5, 0.6) is 5.75 Å². The Morgan fingerprint density at radius 2 is 1.41 bits per heavy atom. The second-order valence-corrected chi connectivity index (χ2v) is 8.43. The Bertz CT molecular complexity index is 1620. The summed E-state index contributed by atoms with van der Waals surface area (Å²) < 4.78 is 0. The van der Waals surface area contributed by atoms with Crippen LogP contribution in [0.1, 0.15) is 5.56 Å². The van der Waals surface area contributed by atoms with Gasteiger partial charge in [0.25, 0.3) is 0 Å². The summed E-state index contributed by atoms with van der Waals surface area (Å²) in [6.45, 7) is 2.01. The number of aromatic nitrogens is 3. The first kappa shape index (κ1) is 18.8. The lowest BCUT2D eigenvalue weighted by Gasteiger charge is -2.16. The highest BCUT2D eigenvalue weighted by molar-refractivity contribution is 6.31. The van der Waals surface area contributed by atoms with Gasteiger partial charge in [-0.25, -0.2) is 0 Å². The Hall–Kier alpha value is -3.89. The number of benzene rings is 5. The number of hydrogen-bond donors (Lipinski definition) is 1. The summed E-state index contributed by atoms with van der Waals surface area (Å²) in [5, 5.41) is 25.7. The predicted octanol–water partition coefficient (Wildman–Crippen LogP) is 7.06. The molecule has 32 heavy (non-hydrogen) atoms. The van der Waals surface area contributed by atoms with Crippen molar-refractivity contribution >= 4 is 44.2 Å². The van der Waals surface area contributed by atoms with Gasteiger partial charge in [-0.2, -0.15) is 0 Å². The van der Waals surface area contributed by atoms with E-state index in [-0.39, 0.29) is 5.75 Å². The molecule has 0 fully saturated rings. The molecule has 1 heterocycles. The number of rotatable bonds is 2. The highest BCUT2D eigenvalue weighted by atomic mass is 35.5. The van der Waals surface area contributed by atoms with Crippen molar-refractivity contribution < 1.29 is 5.11 Å². The highest BCUT2D eigenvalue weighted by Crippen LogP contribution is 2.43. The van der Waals surface area contributed by atoms with Crippen molar-refractivity contribution in [2.75, 3.05) is 0 Å². The molecule has 0 saturated heterocycles. The molecule has 6 rings (SSSR count). The first-order valence-electron chi connectivity index (χ1n) is 10.4. The molecule has 0 atom stereocenters. The fraction of sp³-hybridized carbons (Fsp3) is 0.0370. The minimum absolute atomic E-state index is 0.142. The van der Waals surface area contributed by atoms with Gasteiger partial charge in [0.1, 0.15) is 16.7 Å². The number of phenolic OH excluding ortho intramolecular Hbond substituents is 1. The topological polar surface area (TPSA) is 50.9 Å². The van der Waals surface area contributed by atoms with Crippen LogP contribution in [0.2, 0.25) is 5.02 Å². The SMILES string of the molecule is Cc1cc(-c2c3ccccc3cc3ccccc23)c(O)c(-n2nc3ccc(Cl)cc3n2)c1. The maximum atomic E-state index is 11.5. The van der Waals surface area contributed by atoms with Crippen LogP contribution in [0.25, 0.3) is 49.4 Å². The van der Waals surface area contributed by atoms with E-state index in [9.17, 15) is 5.11 Å². The molecule has 0 amide bonds. The van der Waals surface area contributed by atoms with E-state index < -0.39 is 0 Å². The smallest absolute Gasteiger partial charge is 0.150 e. The Kier molecular flexibility index (Phi) is 4.17. The second kappa shape index (κ2) is 7.08.